The third kappa shape index (κ3) is 11.1. The topological polar surface area (TPSA) is 9.23 Å². The van der Waals surface area contributed by atoms with Crippen molar-refractivity contribution < 1.29 is 3.79 Å². The second-order valence-electron chi connectivity index (χ2n) is 0.577. The summed E-state index contributed by atoms with van der Waals surface area (Å²) < 4.78 is 4.68. The summed E-state index contributed by atoms with van der Waals surface area (Å²) in [5.74, 6) is 0. The number of hydrogen-bond donors (Lipinski definition) is 0. The van der Waals surface area contributed by atoms with Gasteiger partial charge in [0.25, 0.3) is 0 Å². The summed E-state index contributed by atoms with van der Waals surface area (Å²) in [4.78, 5) is 0. The molecule has 0 N–H and O–H groups in total. The molecule has 0 heterocycles. The summed E-state index contributed by atoms with van der Waals surface area (Å²) >= 11 is 0.890. The third-order valence-electron chi connectivity index (χ3n) is 0.289. The predicted molar refractivity (Wildman–Crippen MR) is 27.3 cm³/mol. The van der Waals surface area contributed by atoms with Crippen LogP contribution in [-0.4, -0.2) is 42.1 Å². The Morgan fingerprint density at radius 2 is 2.00 bits per heavy atom. The van der Waals surface area contributed by atoms with E-state index >= 15 is 0 Å². The van der Waals surface area contributed by atoms with E-state index in [-0.39, 0.29) is 18.9 Å². The Labute approximate surface area is 53.0 Å². The first-order valence-corrected chi connectivity index (χ1v) is 2.22. The molecule has 0 aromatic carbocycles. The summed E-state index contributed by atoms with van der Waals surface area (Å²) in [6.07, 6.45) is 0. The van der Waals surface area contributed by atoms with Crippen molar-refractivity contribution in [2.75, 3.05) is 6.61 Å². The molecule has 0 bridgehead atoms. The molecule has 0 radical (unpaired) electrons. The summed E-state index contributed by atoms with van der Waals surface area (Å²) in [6, 6.07) is 0. The van der Waals surface area contributed by atoms with E-state index in [2.05, 4.69) is 3.79 Å². The first-order valence-electron chi connectivity index (χ1n) is 1.40. The summed E-state index contributed by atoms with van der Waals surface area (Å²) in [5.41, 5.74) is 0. The minimum atomic E-state index is 0. The molecule has 0 aromatic rings. The normalized spacial score (nSPS) is 5.80. The van der Waals surface area contributed by atoms with Gasteiger partial charge in [0.05, 0.1) is 0 Å². The quantitative estimate of drug-likeness (QED) is 0.366. The molecule has 0 aliphatic rings. The van der Waals surface area contributed by atoms with E-state index in [4.69, 9.17) is 0 Å². The first-order chi connectivity index (χ1) is 1.91. The van der Waals surface area contributed by atoms with Crippen LogP contribution in [0.1, 0.15) is 6.92 Å². The molecule has 0 aliphatic heterocycles. The van der Waals surface area contributed by atoms with Gasteiger partial charge in [-0.3, -0.25) is 0 Å². The summed E-state index contributed by atoms with van der Waals surface area (Å²) in [6.45, 7) is 2.87. The Morgan fingerprint density at radius 1 is 1.80 bits per heavy atom. The standard InChI is InChI=1S/C2H5O.Al.Li.3H/c1-2-3;;;;;/h2H2,1H3;;;;;/q-1;+1;;;;. The zero-order chi connectivity index (χ0) is 3.41. The van der Waals surface area contributed by atoms with Crippen molar-refractivity contribution in [3.8, 4) is 0 Å². The minimum absolute atomic E-state index is 0. The average molecular weight is 82.0 g/mol. The summed E-state index contributed by atoms with van der Waals surface area (Å²) in [7, 11) is 0. The van der Waals surface area contributed by atoms with Crippen molar-refractivity contribution in [1.82, 2.24) is 0 Å². The molecule has 0 aromatic heterocycles. The molecule has 0 saturated carbocycles. The van der Waals surface area contributed by atoms with Crippen LogP contribution < -0.4 is 0 Å². The van der Waals surface area contributed by atoms with Crippen LogP contribution in [0.25, 0.3) is 0 Å². The van der Waals surface area contributed by atoms with Gasteiger partial charge in [-0.2, -0.15) is 0 Å². The second kappa shape index (κ2) is 8.92. The van der Waals surface area contributed by atoms with E-state index in [1.165, 1.54) is 0 Å². The van der Waals surface area contributed by atoms with Crippen LogP contribution in [0.2, 0.25) is 0 Å². The van der Waals surface area contributed by atoms with E-state index in [1.54, 1.807) is 0 Å². The van der Waals surface area contributed by atoms with Crippen LogP contribution >= 0.6 is 0 Å². The summed E-state index contributed by atoms with van der Waals surface area (Å²) in [5, 5.41) is 0. The van der Waals surface area contributed by atoms with Crippen LogP contribution in [0.4, 0.5) is 0 Å². The molecule has 0 rings (SSSR count). The fraction of sp³-hybridized carbons (Fsp3) is 1.00. The fourth-order valence-electron chi connectivity index (χ4n) is 0. The van der Waals surface area contributed by atoms with Crippen molar-refractivity contribution in [2.24, 2.45) is 0 Å². The van der Waals surface area contributed by atoms with E-state index in [9.17, 15) is 0 Å². The Hall–Kier alpha value is 1.09. The van der Waals surface area contributed by atoms with E-state index in [1.807, 2.05) is 6.92 Å². The maximum atomic E-state index is 4.68. The van der Waals surface area contributed by atoms with Crippen LogP contribution in [0.15, 0.2) is 0 Å². The van der Waals surface area contributed by atoms with Gasteiger partial charge < -0.3 is 3.79 Å². The van der Waals surface area contributed by atoms with Gasteiger partial charge in [0.15, 0.2) is 0 Å². The van der Waals surface area contributed by atoms with Crippen LogP contribution in [0.5, 0.6) is 0 Å². The zero-order valence-corrected chi connectivity index (χ0v) is 5.12. The molecule has 0 fully saturated rings. The molecule has 0 unspecified atom stereocenters. The molecule has 26 valence electrons. The Bertz CT molecular complexity index is 11.6. The number of rotatable bonds is 1. The van der Waals surface area contributed by atoms with E-state index < -0.39 is 0 Å². The molecule has 0 aliphatic carbocycles. The monoisotopic (exact) mass is 82.1 g/mol. The van der Waals surface area contributed by atoms with Gasteiger partial charge in [0.2, 0.25) is 0 Å². The Kier molecular flexibility index (Phi) is 16.8. The van der Waals surface area contributed by atoms with E-state index in [0.717, 1.165) is 23.2 Å². The molecular formula is C2H8AlLiO. The molecule has 0 amide bonds. The molecule has 5 heavy (non-hydrogen) atoms. The fourth-order valence-corrected chi connectivity index (χ4v) is 0. The molecule has 3 heteroatoms. The molecule has 0 atom stereocenters. The van der Waals surface area contributed by atoms with Crippen molar-refractivity contribution in [1.29, 1.82) is 0 Å². The van der Waals surface area contributed by atoms with Crippen molar-refractivity contribution >= 4 is 35.5 Å². The third-order valence-corrected chi connectivity index (χ3v) is 0.866. The van der Waals surface area contributed by atoms with E-state index in [0.29, 0.717) is 0 Å². The molecule has 1 nitrogen and oxygen atoms in total. The van der Waals surface area contributed by atoms with Crippen LogP contribution in [0, 0.1) is 0 Å². The van der Waals surface area contributed by atoms with Gasteiger partial charge in [0, 0.05) is 6.61 Å². The predicted octanol–water partition coefficient (Wildman–Crippen LogP) is -1.08. The maximum absolute atomic E-state index is 4.68. The van der Waals surface area contributed by atoms with Gasteiger partial charge in [-0.25, -0.2) is 0 Å². The van der Waals surface area contributed by atoms with Gasteiger partial charge in [0.1, 0.15) is 0 Å². The molecule has 0 saturated heterocycles. The molecule has 0 spiro atoms. The molecular weight excluding hydrogens is 73.9 g/mol. The van der Waals surface area contributed by atoms with Crippen molar-refractivity contribution in [2.45, 2.75) is 6.92 Å². The van der Waals surface area contributed by atoms with Crippen LogP contribution in [-0.2, 0) is 3.79 Å². The SMILES string of the molecule is CC[O][AlH2].[LiH]. The van der Waals surface area contributed by atoms with Crippen LogP contribution in [0.3, 0.4) is 0 Å². The van der Waals surface area contributed by atoms with Crippen molar-refractivity contribution in [3.63, 3.8) is 0 Å². The first kappa shape index (κ1) is 9.43. The van der Waals surface area contributed by atoms with Crippen molar-refractivity contribution in [3.05, 3.63) is 0 Å². The Balaban J connectivity index is 0. The van der Waals surface area contributed by atoms with Gasteiger partial charge in [-0.05, 0) is 6.92 Å². The number of hydrogen-bond acceptors (Lipinski definition) is 1. The van der Waals surface area contributed by atoms with Gasteiger partial charge >= 0.3 is 35.5 Å². The van der Waals surface area contributed by atoms with Gasteiger partial charge in [-0.1, -0.05) is 0 Å². The zero-order valence-electron chi connectivity index (χ0n) is 3.12. The second-order valence-corrected chi connectivity index (χ2v) is 1.15. The van der Waals surface area contributed by atoms with Gasteiger partial charge in [-0.15, -0.1) is 0 Å². The average Bonchev–Trinajstić information content (AvgIpc) is 1.37. The Morgan fingerprint density at radius 3 is 2.00 bits per heavy atom.